The summed E-state index contributed by atoms with van der Waals surface area (Å²) in [6.45, 7) is 9.38. The molecule has 1 nitrogen and oxygen atoms in total. The van der Waals surface area contributed by atoms with E-state index in [0.717, 1.165) is 28.2 Å². The highest BCUT2D eigenvalue weighted by molar-refractivity contribution is 5.89. The fourth-order valence-electron chi connectivity index (χ4n) is 9.21. The van der Waals surface area contributed by atoms with Gasteiger partial charge in [0, 0.05) is 33.9 Å². The van der Waals surface area contributed by atoms with Crippen molar-refractivity contribution in [3.63, 3.8) is 0 Å². The van der Waals surface area contributed by atoms with Gasteiger partial charge < -0.3 is 4.90 Å². The summed E-state index contributed by atoms with van der Waals surface area (Å²) in [4.78, 5) is 2.35. The molecule has 7 aromatic carbocycles. The molecule has 10 rings (SSSR count). The van der Waals surface area contributed by atoms with Gasteiger partial charge in [0.25, 0.3) is 0 Å². The molecule has 0 aliphatic heterocycles. The minimum Gasteiger partial charge on any atom is -0.309 e. The highest BCUT2D eigenvalue weighted by Crippen LogP contribution is 2.51. The first-order valence-corrected chi connectivity index (χ1v) is 19.3. The van der Waals surface area contributed by atoms with Gasteiger partial charge in [0.05, 0.1) is 5.70 Å². The molecule has 3 aliphatic rings. The van der Waals surface area contributed by atoms with Crippen molar-refractivity contribution >= 4 is 16.9 Å². The quantitative estimate of drug-likeness (QED) is 0.156. The SMILES string of the molecule is CC1(C)c2ccccc2-c2ccc(-c3ccc(N(C4=C(c5ccccc5)C=C=C=C4)c4ccc(-c5ccc6c(c5)C(C)(C)c5ccccc5-6)cc4)cc3)cc21. The zero-order valence-electron chi connectivity index (χ0n) is 31.7. The van der Waals surface area contributed by atoms with E-state index in [0.29, 0.717) is 0 Å². The van der Waals surface area contributed by atoms with E-state index in [1.165, 1.54) is 66.8 Å². The maximum atomic E-state index is 3.28. The molecule has 3 aliphatic carbocycles. The highest BCUT2D eigenvalue weighted by atomic mass is 15.1. The van der Waals surface area contributed by atoms with Crippen LogP contribution in [-0.2, 0) is 10.8 Å². The van der Waals surface area contributed by atoms with E-state index in [-0.39, 0.29) is 10.8 Å². The van der Waals surface area contributed by atoms with Gasteiger partial charge in [-0.1, -0.05) is 167 Å². The van der Waals surface area contributed by atoms with Crippen LogP contribution in [0.25, 0.3) is 50.1 Å². The van der Waals surface area contributed by atoms with Gasteiger partial charge in [0.1, 0.15) is 0 Å². The van der Waals surface area contributed by atoms with Crippen LogP contribution in [0.3, 0.4) is 0 Å². The predicted octanol–water partition coefficient (Wildman–Crippen LogP) is 14.1. The van der Waals surface area contributed by atoms with E-state index < -0.39 is 0 Å². The van der Waals surface area contributed by atoms with Crippen LogP contribution in [0.2, 0.25) is 0 Å². The maximum absolute atomic E-state index is 3.28. The Morgan fingerprint density at radius 1 is 0.364 bits per heavy atom. The van der Waals surface area contributed by atoms with E-state index in [1.807, 2.05) is 0 Å². The fraction of sp³-hybridized carbons (Fsp3) is 0.111. The van der Waals surface area contributed by atoms with Crippen LogP contribution in [-0.4, -0.2) is 0 Å². The molecule has 7 aromatic rings. The van der Waals surface area contributed by atoms with Crippen LogP contribution < -0.4 is 4.90 Å². The number of rotatable bonds is 6. The molecule has 262 valence electrons. The normalized spacial score (nSPS) is 15.1. The van der Waals surface area contributed by atoms with E-state index in [9.17, 15) is 0 Å². The third-order valence-corrected chi connectivity index (χ3v) is 12.2. The topological polar surface area (TPSA) is 3.24 Å². The lowest BCUT2D eigenvalue weighted by Gasteiger charge is -2.29. The van der Waals surface area contributed by atoms with Crippen LogP contribution >= 0.6 is 0 Å². The number of hydrogen-bond acceptors (Lipinski definition) is 1. The molecule has 0 fully saturated rings. The molecule has 0 saturated carbocycles. The van der Waals surface area contributed by atoms with Crippen LogP contribution in [0, 0.1) is 0 Å². The second kappa shape index (κ2) is 12.5. The number of allylic oxidation sites excluding steroid dienone is 3. The molecule has 1 heteroatoms. The van der Waals surface area contributed by atoms with Crippen molar-refractivity contribution in [1.82, 2.24) is 0 Å². The number of nitrogens with zero attached hydrogens (tertiary/aromatic N) is 1. The van der Waals surface area contributed by atoms with Crippen molar-refractivity contribution in [3.8, 4) is 44.5 Å². The van der Waals surface area contributed by atoms with Crippen molar-refractivity contribution in [2.24, 2.45) is 0 Å². The Labute approximate surface area is 324 Å². The molecule has 0 heterocycles. The molecular weight excluding hydrogens is 663 g/mol. The Bertz CT molecular complexity index is 2650. The maximum Gasteiger partial charge on any atom is 0.0630 e. The summed E-state index contributed by atoms with van der Waals surface area (Å²) in [5.74, 6) is 0. The first kappa shape index (κ1) is 33.0. The van der Waals surface area contributed by atoms with Crippen LogP contribution in [0.1, 0.15) is 55.5 Å². The molecule has 0 N–H and O–H groups in total. The van der Waals surface area contributed by atoms with Crippen molar-refractivity contribution in [1.29, 1.82) is 0 Å². The molecule has 0 aromatic heterocycles. The highest BCUT2D eigenvalue weighted by Gasteiger charge is 2.36. The standard InChI is InChI=1S/C54H41N/c1-53(2)48-19-11-8-17-44(48)46-32-26-39(34-50(46)53)36-22-28-41(29-23-36)55(52-21-13-10-16-43(52)38-14-6-5-7-15-38)42-30-24-37(25-31-42)40-27-33-47-45-18-9-12-20-49(45)54(3,4)51(47)35-40/h5-9,11-12,14-35H,1-4H3. The molecule has 0 spiro atoms. The summed E-state index contributed by atoms with van der Waals surface area (Å²) < 4.78 is 0. The summed E-state index contributed by atoms with van der Waals surface area (Å²) in [5, 5.41) is 0. The summed E-state index contributed by atoms with van der Waals surface area (Å²) in [7, 11) is 0. The lowest BCUT2D eigenvalue weighted by atomic mass is 9.81. The Hall–Kier alpha value is -6.62. The van der Waals surface area contributed by atoms with Crippen molar-refractivity contribution in [2.75, 3.05) is 4.90 Å². The van der Waals surface area contributed by atoms with Crippen molar-refractivity contribution in [3.05, 3.63) is 221 Å². The molecular formula is C54H41N. The second-order valence-electron chi connectivity index (χ2n) is 16.0. The summed E-state index contributed by atoms with van der Waals surface area (Å²) >= 11 is 0. The number of hydrogen-bond donors (Lipinski definition) is 0. The fourth-order valence-corrected chi connectivity index (χ4v) is 9.21. The molecule has 0 amide bonds. The Balaban J connectivity index is 1.04. The Morgan fingerprint density at radius 3 is 1.29 bits per heavy atom. The van der Waals surface area contributed by atoms with Gasteiger partial charge in [0.15, 0.2) is 0 Å². The zero-order valence-corrected chi connectivity index (χ0v) is 31.7. The minimum absolute atomic E-state index is 0.0412. The Kier molecular flexibility index (Phi) is 7.48. The molecule has 0 bridgehead atoms. The van der Waals surface area contributed by atoms with Crippen molar-refractivity contribution < 1.29 is 0 Å². The third-order valence-electron chi connectivity index (χ3n) is 12.2. The van der Waals surface area contributed by atoms with Gasteiger partial charge in [-0.15, -0.1) is 0 Å². The predicted molar refractivity (Wildman–Crippen MR) is 231 cm³/mol. The van der Waals surface area contributed by atoms with Gasteiger partial charge in [0.2, 0.25) is 0 Å². The lowest BCUT2D eigenvalue weighted by Crippen LogP contribution is -2.17. The largest absolute Gasteiger partial charge is 0.309 e. The zero-order chi connectivity index (χ0) is 37.3. The molecule has 0 radical (unpaired) electrons. The van der Waals surface area contributed by atoms with Gasteiger partial charge in [-0.3, -0.25) is 0 Å². The first-order valence-electron chi connectivity index (χ1n) is 19.3. The number of anilines is 2. The van der Waals surface area contributed by atoms with E-state index in [1.54, 1.807) is 0 Å². The molecule has 0 saturated heterocycles. The summed E-state index contributed by atoms with van der Waals surface area (Å²) in [6.07, 6.45) is 4.11. The van der Waals surface area contributed by atoms with E-state index >= 15 is 0 Å². The molecule has 55 heavy (non-hydrogen) atoms. The van der Waals surface area contributed by atoms with Crippen molar-refractivity contribution in [2.45, 2.75) is 38.5 Å². The van der Waals surface area contributed by atoms with Crippen LogP contribution in [0.15, 0.2) is 193 Å². The van der Waals surface area contributed by atoms with Gasteiger partial charge in [-0.25, -0.2) is 0 Å². The van der Waals surface area contributed by atoms with E-state index in [2.05, 4.69) is 220 Å². The van der Waals surface area contributed by atoms with Crippen LogP contribution in [0.5, 0.6) is 0 Å². The second-order valence-corrected chi connectivity index (χ2v) is 16.0. The minimum atomic E-state index is -0.0412. The molecule has 0 atom stereocenters. The van der Waals surface area contributed by atoms with Gasteiger partial charge in [-0.05, 0) is 115 Å². The monoisotopic (exact) mass is 703 g/mol. The lowest BCUT2D eigenvalue weighted by molar-refractivity contribution is 0.660. The number of fused-ring (bicyclic) bond motifs is 6. The van der Waals surface area contributed by atoms with Crippen LogP contribution in [0.4, 0.5) is 11.4 Å². The molecule has 0 unspecified atom stereocenters. The third kappa shape index (κ3) is 5.25. The average molecular weight is 704 g/mol. The first-order chi connectivity index (χ1) is 26.8. The average Bonchev–Trinajstić information content (AvgIpc) is 3.61. The summed E-state index contributed by atoms with van der Waals surface area (Å²) in [6, 6.07) is 60.3. The number of benzene rings is 7. The van der Waals surface area contributed by atoms with E-state index in [4.69, 9.17) is 0 Å². The van der Waals surface area contributed by atoms with Gasteiger partial charge >= 0.3 is 0 Å². The van der Waals surface area contributed by atoms with Gasteiger partial charge in [-0.2, -0.15) is 0 Å². The Morgan fingerprint density at radius 2 is 0.782 bits per heavy atom. The smallest absolute Gasteiger partial charge is 0.0630 e. The summed E-state index contributed by atoms with van der Waals surface area (Å²) in [5.41, 5.74) is 27.7.